The Morgan fingerprint density at radius 3 is 2.85 bits per heavy atom. The highest BCUT2D eigenvalue weighted by Crippen LogP contribution is 2.37. The molecule has 1 aromatic carbocycles. The van der Waals surface area contributed by atoms with Crippen LogP contribution in [-0.4, -0.2) is 59.5 Å². The summed E-state index contributed by atoms with van der Waals surface area (Å²) in [6, 6.07) is 8.34. The highest BCUT2D eigenvalue weighted by Gasteiger charge is 2.28. The first-order chi connectivity index (χ1) is 13.3. The second-order valence-electron chi connectivity index (χ2n) is 6.90. The number of anilines is 2. The molecule has 0 bridgehead atoms. The van der Waals surface area contributed by atoms with E-state index in [1.54, 1.807) is 17.7 Å². The Balaban J connectivity index is 1.52. The molecule has 1 fully saturated rings. The first kappa shape index (κ1) is 16.9. The van der Waals surface area contributed by atoms with Gasteiger partial charge in [0.2, 0.25) is 0 Å². The number of benzene rings is 1. The van der Waals surface area contributed by atoms with E-state index in [1.807, 2.05) is 6.07 Å². The van der Waals surface area contributed by atoms with Gasteiger partial charge in [-0.25, -0.2) is 9.97 Å². The van der Waals surface area contributed by atoms with Gasteiger partial charge in [-0.3, -0.25) is 0 Å². The van der Waals surface area contributed by atoms with E-state index in [1.165, 1.54) is 11.1 Å². The minimum atomic E-state index is 0.0894. The minimum Gasteiger partial charge on any atom is -0.396 e. The zero-order valence-corrected chi connectivity index (χ0v) is 15.7. The molecule has 2 aliphatic rings. The van der Waals surface area contributed by atoms with Gasteiger partial charge in [-0.15, -0.1) is 0 Å². The molecule has 2 aliphatic heterocycles. The smallest absolute Gasteiger partial charge is 0.188 e. The second-order valence-corrected chi connectivity index (χ2v) is 7.88. The lowest BCUT2D eigenvalue weighted by Crippen LogP contribution is -2.36. The molecule has 2 aromatic heterocycles. The van der Waals surface area contributed by atoms with Crippen LogP contribution in [0, 0.1) is 0 Å². The minimum absolute atomic E-state index is 0.0894. The maximum Gasteiger partial charge on any atom is 0.188 e. The third-order valence-corrected chi connectivity index (χ3v) is 6.36. The van der Waals surface area contributed by atoms with E-state index in [2.05, 4.69) is 38.0 Å². The number of aliphatic hydroxyl groups excluding tert-OH is 1. The Hall–Kier alpha value is -2.29. The second kappa shape index (κ2) is 7.03. The molecular weight excluding hydrogens is 362 g/mol. The van der Waals surface area contributed by atoms with E-state index in [-0.39, 0.29) is 12.5 Å². The molecule has 7 nitrogen and oxygen atoms in total. The van der Waals surface area contributed by atoms with Gasteiger partial charge in [0, 0.05) is 32.1 Å². The van der Waals surface area contributed by atoms with E-state index < -0.39 is 0 Å². The summed E-state index contributed by atoms with van der Waals surface area (Å²) in [4.78, 5) is 18.2. The van der Waals surface area contributed by atoms with Crippen molar-refractivity contribution in [2.75, 3.05) is 49.3 Å². The van der Waals surface area contributed by atoms with E-state index >= 15 is 0 Å². The average molecular weight is 383 g/mol. The van der Waals surface area contributed by atoms with Crippen molar-refractivity contribution in [2.24, 2.45) is 0 Å². The molecule has 4 heterocycles. The molecule has 3 aromatic rings. The monoisotopic (exact) mass is 383 g/mol. The average Bonchev–Trinajstić information content (AvgIpc) is 3.18. The predicted octanol–water partition coefficient (Wildman–Crippen LogP) is 2.02. The Labute approximate surface area is 161 Å². The van der Waals surface area contributed by atoms with Crippen molar-refractivity contribution in [3.8, 4) is 0 Å². The Bertz CT molecular complexity index is 956. The van der Waals surface area contributed by atoms with Crippen LogP contribution < -0.4 is 9.80 Å². The summed E-state index contributed by atoms with van der Waals surface area (Å²) in [7, 11) is 0. The molecule has 1 N–H and O–H groups in total. The van der Waals surface area contributed by atoms with Crippen LogP contribution in [-0.2, 0) is 11.3 Å². The van der Waals surface area contributed by atoms with Crippen molar-refractivity contribution in [1.29, 1.82) is 0 Å². The van der Waals surface area contributed by atoms with Gasteiger partial charge in [-0.05, 0) is 11.1 Å². The quantitative estimate of drug-likeness (QED) is 0.742. The summed E-state index contributed by atoms with van der Waals surface area (Å²) in [5, 5.41) is 10.9. The van der Waals surface area contributed by atoms with Gasteiger partial charge < -0.3 is 19.6 Å². The maximum absolute atomic E-state index is 9.90. The number of hydrogen-bond donors (Lipinski definition) is 1. The fourth-order valence-corrected chi connectivity index (χ4v) is 4.96. The van der Waals surface area contributed by atoms with Crippen LogP contribution in [0.5, 0.6) is 0 Å². The number of thiazole rings is 1. The van der Waals surface area contributed by atoms with Crippen molar-refractivity contribution in [3.05, 3.63) is 41.7 Å². The van der Waals surface area contributed by atoms with Crippen molar-refractivity contribution >= 4 is 32.6 Å². The van der Waals surface area contributed by atoms with E-state index in [9.17, 15) is 5.11 Å². The van der Waals surface area contributed by atoms with Crippen LogP contribution >= 0.6 is 11.3 Å². The molecule has 0 amide bonds. The normalized spacial score (nSPS) is 20.1. The van der Waals surface area contributed by atoms with Gasteiger partial charge in [-0.2, -0.15) is 4.98 Å². The number of rotatable bonds is 3. The van der Waals surface area contributed by atoms with Crippen LogP contribution in [0.3, 0.4) is 0 Å². The summed E-state index contributed by atoms with van der Waals surface area (Å²) in [6.45, 7) is 4.82. The van der Waals surface area contributed by atoms with Gasteiger partial charge in [0.15, 0.2) is 16.6 Å². The SMILES string of the molecule is OCC1CN(c2ncnc3nc(N4CCOCC4)sc23)Cc2ccccc21. The predicted molar refractivity (Wildman–Crippen MR) is 106 cm³/mol. The van der Waals surface area contributed by atoms with E-state index in [0.29, 0.717) is 0 Å². The molecule has 5 rings (SSSR count). The van der Waals surface area contributed by atoms with Crippen LogP contribution in [0.15, 0.2) is 30.6 Å². The van der Waals surface area contributed by atoms with Crippen molar-refractivity contribution in [1.82, 2.24) is 15.0 Å². The topological polar surface area (TPSA) is 74.6 Å². The summed E-state index contributed by atoms with van der Waals surface area (Å²) >= 11 is 1.64. The summed E-state index contributed by atoms with van der Waals surface area (Å²) in [6.07, 6.45) is 1.59. The first-order valence-electron chi connectivity index (χ1n) is 9.21. The van der Waals surface area contributed by atoms with Crippen molar-refractivity contribution < 1.29 is 9.84 Å². The van der Waals surface area contributed by atoms with Crippen molar-refractivity contribution in [3.63, 3.8) is 0 Å². The highest BCUT2D eigenvalue weighted by atomic mass is 32.1. The Kier molecular flexibility index (Phi) is 4.39. The molecule has 0 spiro atoms. The number of fused-ring (bicyclic) bond motifs is 2. The zero-order chi connectivity index (χ0) is 18.2. The lowest BCUT2D eigenvalue weighted by Gasteiger charge is -2.34. The van der Waals surface area contributed by atoms with Crippen LogP contribution in [0.4, 0.5) is 10.9 Å². The molecule has 8 heteroatoms. The van der Waals surface area contributed by atoms with Gasteiger partial charge in [0.25, 0.3) is 0 Å². The Morgan fingerprint density at radius 1 is 1.15 bits per heavy atom. The molecule has 1 saturated heterocycles. The maximum atomic E-state index is 9.90. The summed E-state index contributed by atoms with van der Waals surface area (Å²) in [5.74, 6) is 0.997. The fraction of sp³-hybridized carbons (Fsp3) is 0.421. The summed E-state index contributed by atoms with van der Waals surface area (Å²) < 4.78 is 6.46. The zero-order valence-electron chi connectivity index (χ0n) is 14.9. The van der Waals surface area contributed by atoms with Crippen LogP contribution in [0.1, 0.15) is 17.0 Å². The molecule has 140 valence electrons. The fourth-order valence-electron chi connectivity index (χ4n) is 3.87. The van der Waals surface area contributed by atoms with Crippen LogP contribution in [0.2, 0.25) is 0 Å². The number of morpholine rings is 1. The molecular formula is C19H21N5O2S. The molecule has 0 radical (unpaired) electrons. The van der Waals surface area contributed by atoms with Gasteiger partial charge in [0.05, 0.1) is 19.8 Å². The number of nitrogens with zero attached hydrogens (tertiary/aromatic N) is 5. The van der Waals surface area contributed by atoms with Gasteiger partial charge in [-0.1, -0.05) is 35.6 Å². The third-order valence-electron chi connectivity index (χ3n) is 5.26. The number of aromatic nitrogens is 3. The molecule has 0 aliphatic carbocycles. The Morgan fingerprint density at radius 2 is 2.00 bits per heavy atom. The lowest BCUT2D eigenvalue weighted by atomic mass is 9.90. The van der Waals surface area contributed by atoms with Crippen molar-refractivity contribution in [2.45, 2.75) is 12.5 Å². The number of hydrogen-bond acceptors (Lipinski definition) is 8. The standard InChI is InChI=1S/C19H21N5O2S/c25-11-14-10-24(9-13-3-1-2-4-15(13)14)18-16-17(20-12-21-18)22-19(27-16)23-5-7-26-8-6-23/h1-4,12,14,25H,5-11H2. The van der Waals surface area contributed by atoms with Gasteiger partial charge >= 0.3 is 0 Å². The molecule has 1 atom stereocenters. The highest BCUT2D eigenvalue weighted by molar-refractivity contribution is 7.22. The largest absolute Gasteiger partial charge is 0.396 e. The number of ether oxygens (including phenoxy) is 1. The third kappa shape index (κ3) is 3.03. The van der Waals surface area contributed by atoms with Gasteiger partial charge in [0.1, 0.15) is 11.0 Å². The first-order valence-corrected chi connectivity index (χ1v) is 10.0. The lowest BCUT2D eigenvalue weighted by molar-refractivity contribution is 0.122. The summed E-state index contributed by atoms with van der Waals surface area (Å²) in [5.41, 5.74) is 3.22. The van der Waals surface area contributed by atoms with Crippen LogP contribution in [0.25, 0.3) is 10.3 Å². The number of aliphatic hydroxyl groups is 1. The molecule has 27 heavy (non-hydrogen) atoms. The van der Waals surface area contributed by atoms with E-state index in [4.69, 9.17) is 9.72 Å². The van der Waals surface area contributed by atoms with E-state index in [0.717, 1.165) is 60.7 Å². The molecule has 1 unspecified atom stereocenters. The molecule has 0 saturated carbocycles.